The molecule has 1 amide bonds. The van der Waals surface area contributed by atoms with Crippen LogP contribution in [0.3, 0.4) is 0 Å². The van der Waals surface area contributed by atoms with Crippen LogP contribution in [0.4, 0.5) is 25.8 Å². The van der Waals surface area contributed by atoms with Crippen molar-refractivity contribution in [3.8, 4) is 0 Å². The molecule has 0 unspecified atom stereocenters. The first-order chi connectivity index (χ1) is 9.38. The zero-order chi connectivity index (χ0) is 14.9. The third kappa shape index (κ3) is 2.88. The summed E-state index contributed by atoms with van der Waals surface area (Å²) in [6.45, 7) is 0. The second-order valence-electron chi connectivity index (χ2n) is 4.04. The van der Waals surface area contributed by atoms with Gasteiger partial charge in [-0.05, 0) is 40.2 Å². The molecule has 4 nitrogen and oxygen atoms in total. The van der Waals surface area contributed by atoms with Crippen molar-refractivity contribution in [1.82, 2.24) is 0 Å². The molecule has 0 saturated carbocycles. The number of nitrogens with two attached hydrogens (primary N) is 2. The molecule has 7 heteroatoms. The van der Waals surface area contributed by atoms with E-state index in [1.165, 1.54) is 18.2 Å². The zero-order valence-electron chi connectivity index (χ0n) is 10.1. The summed E-state index contributed by atoms with van der Waals surface area (Å²) in [4.78, 5) is 11.2. The van der Waals surface area contributed by atoms with Gasteiger partial charge in [-0.2, -0.15) is 0 Å². The molecule has 2 aromatic rings. The van der Waals surface area contributed by atoms with Crippen LogP contribution in [0, 0.1) is 11.6 Å². The minimum Gasteiger partial charge on any atom is -0.398 e. The zero-order valence-corrected chi connectivity index (χ0v) is 11.7. The van der Waals surface area contributed by atoms with Crippen molar-refractivity contribution in [3.05, 3.63) is 52.0 Å². The fourth-order valence-electron chi connectivity index (χ4n) is 1.62. The van der Waals surface area contributed by atoms with Gasteiger partial charge in [0.2, 0.25) is 0 Å². The lowest BCUT2D eigenvalue weighted by molar-refractivity contribution is 0.100. The van der Waals surface area contributed by atoms with Crippen LogP contribution < -0.4 is 16.8 Å². The van der Waals surface area contributed by atoms with Crippen LogP contribution in [0.5, 0.6) is 0 Å². The molecule has 20 heavy (non-hydrogen) atoms. The Kier molecular flexibility index (Phi) is 3.89. The van der Waals surface area contributed by atoms with Crippen LogP contribution >= 0.6 is 15.9 Å². The van der Waals surface area contributed by atoms with E-state index in [2.05, 4.69) is 21.2 Å². The normalized spacial score (nSPS) is 10.3. The Bertz CT molecular complexity index is 692. The van der Waals surface area contributed by atoms with Crippen molar-refractivity contribution in [1.29, 1.82) is 0 Å². The van der Waals surface area contributed by atoms with E-state index in [-0.39, 0.29) is 21.4 Å². The molecule has 0 aromatic heterocycles. The van der Waals surface area contributed by atoms with Crippen LogP contribution in [0.25, 0.3) is 0 Å². The van der Waals surface area contributed by atoms with Crippen molar-refractivity contribution >= 4 is 38.9 Å². The summed E-state index contributed by atoms with van der Waals surface area (Å²) in [6.07, 6.45) is 0. The van der Waals surface area contributed by atoms with Crippen LogP contribution in [0.1, 0.15) is 10.4 Å². The van der Waals surface area contributed by atoms with Gasteiger partial charge in [-0.3, -0.25) is 4.79 Å². The first-order valence-corrected chi connectivity index (χ1v) is 6.28. The number of hydrogen-bond acceptors (Lipinski definition) is 3. The predicted octanol–water partition coefficient (Wildman–Crippen LogP) is 3.15. The van der Waals surface area contributed by atoms with Crippen molar-refractivity contribution in [2.75, 3.05) is 11.1 Å². The highest BCUT2D eigenvalue weighted by Gasteiger charge is 2.11. The number of nitrogen functional groups attached to an aromatic ring is 1. The number of nitrogens with one attached hydrogen (secondary N) is 1. The second-order valence-corrected chi connectivity index (χ2v) is 4.89. The number of primary amides is 1. The van der Waals surface area contributed by atoms with Crippen LogP contribution in [0.15, 0.2) is 34.8 Å². The van der Waals surface area contributed by atoms with Gasteiger partial charge >= 0.3 is 0 Å². The van der Waals surface area contributed by atoms with Crippen molar-refractivity contribution < 1.29 is 13.6 Å². The summed E-state index contributed by atoms with van der Waals surface area (Å²) in [5.74, 6) is -2.15. The van der Waals surface area contributed by atoms with Crippen LogP contribution in [-0.2, 0) is 0 Å². The van der Waals surface area contributed by atoms with E-state index >= 15 is 0 Å². The van der Waals surface area contributed by atoms with E-state index in [1.54, 1.807) is 6.07 Å². The SMILES string of the molecule is NC(=O)c1cc(Nc2cc(Br)c(F)cc2F)ccc1N. The maximum absolute atomic E-state index is 13.6. The van der Waals surface area contributed by atoms with Gasteiger partial charge in [0.15, 0.2) is 0 Å². The molecule has 0 aliphatic rings. The number of carbonyl (C=O) groups is 1. The molecule has 0 radical (unpaired) electrons. The third-order valence-electron chi connectivity index (χ3n) is 2.61. The molecule has 2 aromatic carbocycles. The van der Waals surface area contributed by atoms with Crippen LogP contribution in [0.2, 0.25) is 0 Å². The van der Waals surface area contributed by atoms with E-state index in [0.29, 0.717) is 5.69 Å². The summed E-state index contributed by atoms with van der Waals surface area (Å²) in [6, 6.07) is 6.43. The second kappa shape index (κ2) is 5.46. The maximum atomic E-state index is 13.6. The largest absolute Gasteiger partial charge is 0.398 e. The highest BCUT2D eigenvalue weighted by Crippen LogP contribution is 2.27. The van der Waals surface area contributed by atoms with Gasteiger partial charge < -0.3 is 16.8 Å². The minimum absolute atomic E-state index is 0.0541. The van der Waals surface area contributed by atoms with Crippen molar-refractivity contribution in [2.24, 2.45) is 5.73 Å². The first kappa shape index (κ1) is 14.3. The molecule has 0 aliphatic carbocycles. The highest BCUT2D eigenvalue weighted by atomic mass is 79.9. The summed E-state index contributed by atoms with van der Waals surface area (Å²) < 4.78 is 26.9. The lowest BCUT2D eigenvalue weighted by atomic mass is 10.1. The molecule has 0 spiro atoms. The highest BCUT2D eigenvalue weighted by molar-refractivity contribution is 9.10. The molecule has 0 bridgehead atoms. The Morgan fingerprint density at radius 3 is 2.50 bits per heavy atom. The van der Waals surface area contributed by atoms with Gasteiger partial charge in [0.25, 0.3) is 5.91 Å². The Balaban J connectivity index is 2.38. The number of halogens is 3. The molecule has 0 aliphatic heterocycles. The Morgan fingerprint density at radius 1 is 1.15 bits per heavy atom. The summed E-state index contributed by atoms with van der Waals surface area (Å²) >= 11 is 2.97. The van der Waals surface area contributed by atoms with E-state index in [9.17, 15) is 13.6 Å². The molecule has 2 rings (SSSR count). The summed E-state index contributed by atoms with van der Waals surface area (Å²) in [5.41, 5.74) is 11.6. The lowest BCUT2D eigenvalue weighted by Gasteiger charge is -2.10. The molecule has 0 heterocycles. The minimum atomic E-state index is -0.761. The fraction of sp³-hybridized carbons (Fsp3) is 0. The van der Waals surface area contributed by atoms with Crippen LogP contribution in [-0.4, -0.2) is 5.91 Å². The van der Waals surface area contributed by atoms with Gasteiger partial charge in [-0.1, -0.05) is 0 Å². The molecule has 0 fully saturated rings. The van der Waals surface area contributed by atoms with E-state index < -0.39 is 17.5 Å². The molecule has 0 atom stereocenters. The van der Waals surface area contributed by atoms with Gasteiger partial charge in [0.1, 0.15) is 11.6 Å². The number of anilines is 3. The predicted molar refractivity (Wildman–Crippen MR) is 76.7 cm³/mol. The summed E-state index contributed by atoms with van der Waals surface area (Å²) in [7, 11) is 0. The lowest BCUT2D eigenvalue weighted by Crippen LogP contribution is -2.13. The number of benzene rings is 2. The van der Waals surface area contributed by atoms with Gasteiger partial charge in [-0.25, -0.2) is 8.78 Å². The smallest absolute Gasteiger partial charge is 0.250 e. The van der Waals surface area contributed by atoms with Gasteiger partial charge in [0.05, 0.1) is 15.7 Å². The third-order valence-corrected chi connectivity index (χ3v) is 3.22. The molecule has 0 saturated heterocycles. The molecular weight excluding hydrogens is 332 g/mol. The van der Waals surface area contributed by atoms with E-state index in [4.69, 9.17) is 11.5 Å². The Labute approximate surface area is 121 Å². The molecule has 5 N–H and O–H groups in total. The topological polar surface area (TPSA) is 81.1 Å². The number of rotatable bonds is 3. The number of amides is 1. The Morgan fingerprint density at radius 2 is 1.85 bits per heavy atom. The maximum Gasteiger partial charge on any atom is 0.250 e. The Hall–Kier alpha value is -2.15. The van der Waals surface area contributed by atoms with E-state index in [1.807, 2.05) is 0 Å². The number of hydrogen-bond donors (Lipinski definition) is 3. The van der Waals surface area contributed by atoms with Gasteiger partial charge in [-0.15, -0.1) is 0 Å². The molecule has 104 valence electrons. The van der Waals surface area contributed by atoms with Crippen molar-refractivity contribution in [3.63, 3.8) is 0 Å². The first-order valence-electron chi connectivity index (χ1n) is 5.49. The average molecular weight is 342 g/mol. The standard InChI is InChI=1S/C13H10BrF2N3O/c14-8-4-12(10(16)5-9(8)15)19-6-1-2-11(17)7(3-6)13(18)20/h1-5,19H,17H2,(H2,18,20). The fourth-order valence-corrected chi connectivity index (χ4v) is 1.96. The van der Waals surface area contributed by atoms with Gasteiger partial charge in [0, 0.05) is 17.4 Å². The quantitative estimate of drug-likeness (QED) is 0.592. The number of carbonyl (C=O) groups excluding carboxylic acids is 1. The monoisotopic (exact) mass is 341 g/mol. The van der Waals surface area contributed by atoms with E-state index in [0.717, 1.165) is 6.07 Å². The molecular formula is C13H10BrF2N3O. The van der Waals surface area contributed by atoms with Crippen molar-refractivity contribution in [2.45, 2.75) is 0 Å². The summed E-state index contributed by atoms with van der Waals surface area (Å²) in [5, 5.41) is 2.73. The average Bonchev–Trinajstić information content (AvgIpc) is 2.37.